The van der Waals surface area contributed by atoms with Gasteiger partial charge in [-0.3, -0.25) is 0 Å². The fraction of sp³-hybridized carbons (Fsp3) is 1.00. The maximum Gasteiger partial charge on any atom is 0.154 e. The van der Waals surface area contributed by atoms with Gasteiger partial charge in [-0.25, -0.2) is 8.42 Å². The predicted molar refractivity (Wildman–Crippen MR) is 51.3 cm³/mol. The lowest BCUT2D eigenvalue weighted by Gasteiger charge is -2.19. The Morgan fingerprint density at radius 1 is 1.54 bits per heavy atom. The van der Waals surface area contributed by atoms with Gasteiger partial charge in [0.05, 0.1) is 17.6 Å². The molecule has 0 bridgehead atoms. The topological polar surface area (TPSA) is 66.4 Å². The van der Waals surface area contributed by atoms with Gasteiger partial charge in [-0.05, 0) is 13.3 Å². The van der Waals surface area contributed by atoms with Crippen LogP contribution in [0.4, 0.5) is 0 Å². The molecule has 0 spiro atoms. The summed E-state index contributed by atoms with van der Waals surface area (Å²) in [5.74, 6) is -0.0282. The standard InChI is InChI=1S/C8H17NO3S/c1-3-6(2)9-7-4-13(11,12)5-8(7)10/h6-10H,3-5H2,1-2H3. The van der Waals surface area contributed by atoms with Crippen LogP contribution in [0, 0.1) is 0 Å². The third-order valence-electron chi connectivity index (χ3n) is 2.43. The molecule has 0 aromatic heterocycles. The van der Waals surface area contributed by atoms with Crippen molar-refractivity contribution in [2.24, 2.45) is 0 Å². The van der Waals surface area contributed by atoms with Crippen molar-refractivity contribution in [3.8, 4) is 0 Å². The van der Waals surface area contributed by atoms with Crippen LogP contribution >= 0.6 is 0 Å². The maximum atomic E-state index is 11.1. The lowest BCUT2D eigenvalue weighted by atomic mass is 10.1. The summed E-state index contributed by atoms with van der Waals surface area (Å²) in [6, 6.07) is -0.0205. The fourth-order valence-electron chi connectivity index (χ4n) is 1.47. The molecule has 1 saturated heterocycles. The molecule has 0 aromatic rings. The lowest BCUT2D eigenvalue weighted by Crippen LogP contribution is -2.43. The van der Waals surface area contributed by atoms with E-state index in [1.807, 2.05) is 13.8 Å². The first-order valence-corrected chi connectivity index (χ1v) is 6.41. The first-order chi connectivity index (χ1) is 5.94. The second kappa shape index (κ2) is 3.94. The van der Waals surface area contributed by atoms with Gasteiger partial charge in [0.1, 0.15) is 0 Å². The highest BCUT2D eigenvalue weighted by atomic mass is 32.2. The summed E-state index contributed by atoms with van der Waals surface area (Å²) in [5.41, 5.74) is 0. The molecule has 78 valence electrons. The molecule has 1 fully saturated rings. The Kier molecular flexibility index (Phi) is 3.32. The molecule has 0 saturated carbocycles. The summed E-state index contributed by atoms with van der Waals surface area (Å²) in [5, 5.41) is 12.5. The Morgan fingerprint density at radius 2 is 2.15 bits per heavy atom. The first kappa shape index (κ1) is 10.9. The quantitative estimate of drug-likeness (QED) is 0.657. The summed E-state index contributed by atoms with van der Waals surface area (Å²) in [6.07, 6.45) is 0.197. The summed E-state index contributed by atoms with van der Waals surface area (Å²) in [7, 11) is -3.01. The minimum Gasteiger partial charge on any atom is -0.390 e. The van der Waals surface area contributed by atoms with Crippen LogP contribution in [0.25, 0.3) is 0 Å². The highest BCUT2D eigenvalue weighted by molar-refractivity contribution is 7.91. The highest BCUT2D eigenvalue weighted by Gasteiger charge is 2.36. The molecular weight excluding hydrogens is 190 g/mol. The van der Waals surface area contributed by atoms with E-state index in [1.165, 1.54) is 0 Å². The molecule has 5 heteroatoms. The summed E-state index contributed by atoms with van der Waals surface area (Å²) < 4.78 is 22.2. The molecule has 0 aliphatic carbocycles. The van der Waals surface area contributed by atoms with E-state index in [0.717, 1.165) is 6.42 Å². The van der Waals surface area contributed by atoms with Gasteiger partial charge in [0.25, 0.3) is 0 Å². The van der Waals surface area contributed by atoms with Gasteiger partial charge in [0.15, 0.2) is 9.84 Å². The Labute approximate surface area is 79.3 Å². The van der Waals surface area contributed by atoms with Gasteiger partial charge in [-0.2, -0.15) is 0 Å². The first-order valence-electron chi connectivity index (χ1n) is 4.59. The molecule has 13 heavy (non-hydrogen) atoms. The number of aliphatic hydroxyl groups is 1. The van der Waals surface area contributed by atoms with Gasteiger partial charge in [-0.1, -0.05) is 6.92 Å². The second-order valence-electron chi connectivity index (χ2n) is 3.73. The van der Waals surface area contributed by atoms with E-state index in [2.05, 4.69) is 5.32 Å². The number of hydrogen-bond donors (Lipinski definition) is 2. The van der Waals surface area contributed by atoms with Crippen molar-refractivity contribution in [3.05, 3.63) is 0 Å². The predicted octanol–water partition coefficient (Wildman–Crippen LogP) is -0.468. The zero-order valence-corrected chi connectivity index (χ0v) is 8.84. The van der Waals surface area contributed by atoms with Crippen LogP contribution in [-0.2, 0) is 9.84 Å². The molecule has 1 aliphatic rings. The average molecular weight is 207 g/mol. The number of sulfone groups is 1. The van der Waals surface area contributed by atoms with Gasteiger partial charge < -0.3 is 10.4 Å². The summed E-state index contributed by atoms with van der Waals surface area (Å²) in [4.78, 5) is 0. The fourth-order valence-corrected chi connectivity index (χ4v) is 3.23. The largest absolute Gasteiger partial charge is 0.390 e. The minimum atomic E-state index is -3.01. The van der Waals surface area contributed by atoms with Crippen molar-refractivity contribution in [2.75, 3.05) is 11.5 Å². The molecule has 0 amide bonds. The van der Waals surface area contributed by atoms with Crippen LogP contribution in [0.2, 0.25) is 0 Å². The zero-order chi connectivity index (χ0) is 10.1. The Balaban J connectivity index is 2.53. The van der Waals surface area contributed by atoms with Crippen LogP contribution in [0.5, 0.6) is 0 Å². The Hall–Kier alpha value is -0.130. The maximum absolute atomic E-state index is 11.1. The molecule has 2 N–H and O–H groups in total. The van der Waals surface area contributed by atoms with E-state index >= 15 is 0 Å². The molecule has 3 atom stereocenters. The lowest BCUT2D eigenvalue weighted by molar-refractivity contribution is 0.160. The molecule has 0 aromatic carbocycles. The van der Waals surface area contributed by atoms with E-state index in [4.69, 9.17) is 0 Å². The molecule has 1 aliphatic heterocycles. The third-order valence-corrected chi connectivity index (χ3v) is 4.15. The molecule has 1 rings (SSSR count). The van der Waals surface area contributed by atoms with Crippen LogP contribution in [0.3, 0.4) is 0 Å². The highest BCUT2D eigenvalue weighted by Crippen LogP contribution is 2.13. The molecule has 1 heterocycles. The van der Waals surface area contributed by atoms with Crippen LogP contribution < -0.4 is 5.32 Å². The van der Waals surface area contributed by atoms with Gasteiger partial charge in [-0.15, -0.1) is 0 Å². The molecule has 0 radical (unpaired) electrons. The minimum absolute atomic E-state index is 0.0680. The van der Waals surface area contributed by atoms with E-state index in [9.17, 15) is 13.5 Å². The van der Waals surface area contributed by atoms with Crippen LogP contribution in [-0.4, -0.2) is 43.2 Å². The van der Waals surface area contributed by atoms with E-state index in [0.29, 0.717) is 0 Å². The van der Waals surface area contributed by atoms with Crippen molar-refractivity contribution in [1.29, 1.82) is 0 Å². The van der Waals surface area contributed by atoms with Gasteiger partial charge in [0, 0.05) is 12.1 Å². The smallest absolute Gasteiger partial charge is 0.154 e. The van der Waals surface area contributed by atoms with E-state index in [-0.39, 0.29) is 23.6 Å². The van der Waals surface area contributed by atoms with E-state index < -0.39 is 15.9 Å². The van der Waals surface area contributed by atoms with Crippen LogP contribution in [0.1, 0.15) is 20.3 Å². The van der Waals surface area contributed by atoms with Crippen molar-refractivity contribution in [3.63, 3.8) is 0 Å². The van der Waals surface area contributed by atoms with E-state index in [1.54, 1.807) is 0 Å². The average Bonchev–Trinajstić information content (AvgIpc) is 2.24. The van der Waals surface area contributed by atoms with Gasteiger partial charge in [0.2, 0.25) is 0 Å². The second-order valence-corrected chi connectivity index (χ2v) is 5.88. The number of aliphatic hydroxyl groups excluding tert-OH is 1. The Bertz CT molecular complexity index is 263. The van der Waals surface area contributed by atoms with Crippen LogP contribution in [0.15, 0.2) is 0 Å². The number of rotatable bonds is 3. The molecular formula is C8H17NO3S. The normalized spacial score (nSPS) is 34.7. The SMILES string of the molecule is CCC(C)NC1CS(=O)(=O)CC1O. The van der Waals surface area contributed by atoms with Crippen molar-refractivity contribution in [1.82, 2.24) is 5.32 Å². The summed E-state index contributed by atoms with van der Waals surface area (Å²) in [6.45, 7) is 4.01. The zero-order valence-electron chi connectivity index (χ0n) is 8.03. The van der Waals surface area contributed by atoms with Gasteiger partial charge >= 0.3 is 0 Å². The monoisotopic (exact) mass is 207 g/mol. The summed E-state index contributed by atoms with van der Waals surface area (Å²) >= 11 is 0. The van der Waals surface area contributed by atoms with Crippen molar-refractivity contribution >= 4 is 9.84 Å². The molecule has 4 nitrogen and oxygen atoms in total. The van der Waals surface area contributed by atoms with Crippen molar-refractivity contribution in [2.45, 2.75) is 38.5 Å². The number of hydrogen-bond acceptors (Lipinski definition) is 4. The number of nitrogens with one attached hydrogen (secondary N) is 1. The third kappa shape index (κ3) is 2.93. The molecule has 3 unspecified atom stereocenters. The Morgan fingerprint density at radius 3 is 2.54 bits per heavy atom. The van der Waals surface area contributed by atoms with Crippen molar-refractivity contribution < 1.29 is 13.5 Å².